The molecule has 0 amide bonds. The second-order valence-corrected chi connectivity index (χ2v) is 9.31. The number of hydrogen-bond acceptors (Lipinski definition) is 6. The van der Waals surface area contributed by atoms with Gasteiger partial charge in [-0.05, 0) is 60.4 Å². The quantitative estimate of drug-likeness (QED) is 0.382. The van der Waals surface area contributed by atoms with Crippen molar-refractivity contribution in [2.45, 2.75) is 38.1 Å². The number of nitrogens with one attached hydrogen (secondary N) is 1. The fraction of sp³-hybridized carbons (Fsp3) is 0.321. The molecular weight excluding hydrogens is 456 g/mol. The molecule has 6 rings (SSSR count). The highest BCUT2D eigenvalue weighted by atomic mass is 16.5. The fourth-order valence-electron chi connectivity index (χ4n) is 5.06. The summed E-state index contributed by atoms with van der Waals surface area (Å²) in [5.74, 6) is 0.707. The first-order valence-electron chi connectivity index (χ1n) is 12.4. The fourth-order valence-corrected chi connectivity index (χ4v) is 5.06. The Morgan fingerprint density at radius 1 is 1.17 bits per heavy atom. The number of rotatable bonds is 8. The summed E-state index contributed by atoms with van der Waals surface area (Å²) in [6.07, 6.45) is 5.43. The number of nitrogens with zero attached hydrogens (tertiary/aromatic N) is 3. The van der Waals surface area contributed by atoms with Gasteiger partial charge in [0.25, 0.3) is 0 Å². The molecule has 0 saturated heterocycles. The Labute approximate surface area is 208 Å². The molecule has 2 aromatic carbocycles. The first kappa shape index (κ1) is 22.4. The minimum atomic E-state index is -0.878. The number of carboxylic acids is 1. The number of aliphatic carboxylic acids is 1. The lowest BCUT2D eigenvalue weighted by Crippen LogP contribution is -2.16. The van der Waals surface area contributed by atoms with Gasteiger partial charge in [0, 0.05) is 30.5 Å². The zero-order chi connectivity index (χ0) is 24.5. The molecule has 8 nitrogen and oxygen atoms in total. The van der Waals surface area contributed by atoms with Gasteiger partial charge < -0.3 is 19.9 Å². The third kappa shape index (κ3) is 4.46. The number of benzene rings is 2. The van der Waals surface area contributed by atoms with Gasteiger partial charge in [0.05, 0.1) is 48.8 Å². The van der Waals surface area contributed by atoms with Crippen LogP contribution in [0, 0.1) is 0 Å². The van der Waals surface area contributed by atoms with Crippen molar-refractivity contribution in [3.63, 3.8) is 0 Å². The Morgan fingerprint density at radius 2 is 2.11 bits per heavy atom. The first-order chi connectivity index (χ1) is 17.6. The van der Waals surface area contributed by atoms with Crippen LogP contribution in [-0.4, -0.2) is 45.6 Å². The first-order valence-corrected chi connectivity index (χ1v) is 12.4. The standard InChI is InChI=1S/C28H28N4O4/c33-28(34)16-26(19-4-3-18-9-12-36-27(18)15-19)32-25-8-6-22(14-20(25)17-30-32)35-13-10-21-5-7-23-24(31-21)2-1-11-29-23/h3-8,14-15,17,26,29H,1-2,9-13,16H2,(H,33,34). The summed E-state index contributed by atoms with van der Waals surface area (Å²) in [7, 11) is 0. The van der Waals surface area contributed by atoms with Crippen molar-refractivity contribution < 1.29 is 19.4 Å². The van der Waals surface area contributed by atoms with Gasteiger partial charge in [-0.3, -0.25) is 14.5 Å². The summed E-state index contributed by atoms with van der Waals surface area (Å²) in [5, 5.41) is 18.5. The SMILES string of the molecule is O=C(O)CC(c1ccc2c(c1)OCC2)n1ncc2cc(OCCc3ccc4c(n3)CCCN4)ccc21. The summed E-state index contributed by atoms with van der Waals surface area (Å²) >= 11 is 0. The predicted molar refractivity (Wildman–Crippen MR) is 136 cm³/mol. The van der Waals surface area contributed by atoms with Crippen molar-refractivity contribution in [2.24, 2.45) is 0 Å². The molecule has 1 atom stereocenters. The molecule has 2 aromatic heterocycles. The Morgan fingerprint density at radius 3 is 3.03 bits per heavy atom. The van der Waals surface area contributed by atoms with Crippen LogP contribution in [0.3, 0.4) is 0 Å². The van der Waals surface area contributed by atoms with Gasteiger partial charge in [-0.2, -0.15) is 5.10 Å². The predicted octanol–water partition coefficient (Wildman–Crippen LogP) is 4.41. The Balaban J connectivity index is 1.19. The zero-order valence-corrected chi connectivity index (χ0v) is 19.9. The average molecular weight is 485 g/mol. The molecule has 0 spiro atoms. The van der Waals surface area contributed by atoms with Crippen LogP contribution in [0.1, 0.15) is 41.4 Å². The maximum atomic E-state index is 11.7. The molecule has 4 aromatic rings. The van der Waals surface area contributed by atoms with Gasteiger partial charge in [-0.25, -0.2) is 0 Å². The van der Waals surface area contributed by atoms with Crippen LogP contribution in [0.15, 0.2) is 54.7 Å². The normalized spacial score (nSPS) is 15.0. The minimum absolute atomic E-state index is 0.0723. The van der Waals surface area contributed by atoms with Crippen LogP contribution in [0.5, 0.6) is 11.5 Å². The number of anilines is 1. The molecular formula is C28H28N4O4. The number of fused-ring (bicyclic) bond motifs is 3. The van der Waals surface area contributed by atoms with E-state index in [1.165, 1.54) is 0 Å². The molecule has 0 radical (unpaired) electrons. The minimum Gasteiger partial charge on any atom is -0.493 e. The second-order valence-electron chi connectivity index (χ2n) is 9.31. The zero-order valence-electron chi connectivity index (χ0n) is 19.9. The highest BCUT2D eigenvalue weighted by molar-refractivity contribution is 5.81. The molecule has 1 unspecified atom stereocenters. The van der Waals surface area contributed by atoms with Crippen molar-refractivity contribution in [3.05, 3.63) is 77.2 Å². The second kappa shape index (κ2) is 9.53. The van der Waals surface area contributed by atoms with E-state index in [0.717, 1.165) is 82.8 Å². The van der Waals surface area contributed by atoms with E-state index in [1.54, 1.807) is 10.9 Å². The van der Waals surface area contributed by atoms with Gasteiger partial charge in [-0.1, -0.05) is 12.1 Å². The van der Waals surface area contributed by atoms with E-state index < -0.39 is 12.0 Å². The average Bonchev–Trinajstić information content (AvgIpc) is 3.53. The lowest BCUT2D eigenvalue weighted by atomic mass is 10.0. The Hall–Kier alpha value is -4.07. The van der Waals surface area contributed by atoms with Crippen LogP contribution in [0.25, 0.3) is 10.9 Å². The summed E-state index contributed by atoms with van der Waals surface area (Å²) < 4.78 is 13.5. The monoisotopic (exact) mass is 484 g/mol. The van der Waals surface area contributed by atoms with E-state index in [4.69, 9.17) is 14.5 Å². The van der Waals surface area contributed by atoms with Gasteiger partial charge in [0.1, 0.15) is 11.5 Å². The number of hydrogen-bond donors (Lipinski definition) is 2. The Kier molecular flexibility index (Phi) is 5.93. The van der Waals surface area contributed by atoms with Crippen LogP contribution in [0.4, 0.5) is 5.69 Å². The van der Waals surface area contributed by atoms with Gasteiger partial charge in [0.2, 0.25) is 0 Å². The van der Waals surface area contributed by atoms with E-state index in [1.807, 2.05) is 36.4 Å². The molecule has 0 aliphatic carbocycles. The van der Waals surface area contributed by atoms with E-state index in [0.29, 0.717) is 13.2 Å². The smallest absolute Gasteiger partial charge is 0.305 e. The summed E-state index contributed by atoms with van der Waals surface area (Å²) in [4.78, 5) is 16.5. The topological polar surface area (TPSA) is 98.5 Å². The molecule has 2 N–H and O–H groups in total. The number of pyridine rings is 1. The van der Waals surface area contributed by atoms with E-state index in [2.05, 4.69) is 22.5 Å². The number of aryl methyl sites for hydroxylation is 1. The van der Waals surface area contributed by atoms with E-state index in [9.17, 15) is 9.90 Å². The van der Waals surface area contributed by atoms with Crippen LogP contribution >= 0.6 is 0 Å². The number of ether oxygens (including phenoxy) is 2. The molecule has 0 bridgehead atoms. The molecule has 0 fully saturated rings. The van der Waals surface area contributed by atoms with Crippen molar-refractivity contribution in [3.8, 4) is 11.5 Å². The van der Waals surface area contributed by atoms with Crippen LogP contribution in [0.2, 0.25) is 0 Å². The van der Waals surface area contributed by atoms with E-state index >= 15 is 0 Å². The summed E-state index contributed by atoms with van der Waals surface area (Å²) in [6, 6.07) is 15.5. The third-order valence-corrected chi connectivity index (χ3v) is 6.90. The highest BCUT2D eigenvalue weighted by Crippen LogP contribution is 2.33. The molecule has 4 heterocycles. The maximum absolute atomic E-state index is 11.7. The number of carbonyl (C=O) groups is 1. The van der Waals surface area contributed by atoms with Crippen LogP contribution < -0.4 is 14.8 Å². The summed E-state index contributed by atoms with van der Waals surface area (Å²) in [5.41, 5.74) is 6.19. The largest absolute Gasteiger partial charge is 0.493 e. The van der Waals surface area contributed by atoms with Crippen LogP contribution in [-0.2, 0) is 24.1 Å². The highest BCUT2D eigenvalue weighted by Gasteiger charge is 2.23. The van der Waals surface area contributed by atoms with E-state index in [-0.39, 0.29) is 6.42 Å². The molecule has 36 heavy (non-hydrogen) atoms. The lowest BCUT2D eigenvalue weighted by molar-refractivity contribution is -0.137. The third-order valence-electron chi connectivity index (χ3n) is 6.90. The maximum Gasteiger partial charge on any atom is 0.305 e. The van der Waals surface area contributed by atoms with Crippen molar-refractivity contribution in [2.75, 3.05) is 25.1 Å². The summed E-state index contributed by atoms with van der Waals surface area (Å²) in [6.45, 7) is 2.19. The van der Waals surface area contributed by atoms with Gasteiger partial charge >= 0.3 is 5.97 Å². The number of carboxylic acid groups (broad SMARTS) is 1. The lowest BCUT2D eigenvalue weighted by Gasteiger charge is -2.18. The van der Waals surface area contributed by atoms with Gasteiger partial charge in [-0.15, -0.1) is 0 Å². The van der Waals surface area contributed by atoms with Crippen molar-refractivity contribution >= 4 is 22.6 Å². The van der Waals surface area contributed by atoms with Crippen molar-refractivity contribution in [1.82, 2.24) is 14.8 Å². The molecule has 0 saturated carbocycles. The Bertz CT molecular complexity index is 1430. The van der Waals surface area contributed by atoms with Gasteiger partial charge in [0.15, 0.2) is 0 Å². The molecule has 184 valence electrons. The molecule has 8 heteroatoms. The number of aromatic nitrogens is 3. The van der Waals surface area contributed by atoms with Crippen molar-refractivity contribution in [1.29, 1.82) is 0 Å². The molecule has 2 aliphatic rings. The molecule has 2 aliphatic heterocycles.